The minimum absolute atomic E-state index is 0.374. The third-order valence-electron chi connectivity index (χ3n) is 3.18. The number of carbonyl (C=O) groups excluding carboxylic acids is 4. The molecule has 0 bridgehead atoms. The summed E-state index contributed by atoms with van der Waals surface area (Å²) in [6, 6.07) is -1.36. The lowest BCUT2D eigenvalue weighted by Crippen LogP contribution is -2.52. The van der Waals surface area contributed by atoms with Crippen LogP contribution in [0.1, 0.15) is 20.8 Å². The fourth-order valence-corrected chi connectivity index (χ4v) is 2.27. The van der Waals surface area contributed by atoms with Gasteiger partial charge >= 0.3 is 17.9 Å². The molecule has 0 fully saturated rings. The summed E-state index contributed by atoms with van der Waals surface area (Å²) in [7, 11) is 3.28. The van der Waals surface area contributed by atoms with Gasteiger partial charge in [0.1, 0.15) is 5.57 Å². The molecule has 0 aliphatic carbocycles. The molecule has 1 aliphatic rings. The molecule has 1 atom stereocenters. The second-order valence-electron chi connectivity index (χ2n) is 5.54. The fraction of sp³-hybridized carbons (Fsp3) is 0.571. The summed E-state index contributed by atoms with van der Waals surface area (Å²) < 4.78 is 13.8. The Morgan fingerprint density at radius 3 is 1.82 bits per heavy atom. The molecule has 0 saturated carbocycles. The highest BCUT2D eigenvalue weighted by Gasteiger charge is 2.53. The van der Waals surface area contributed by atoms with E-state index in [4.69, 9.17) is 0 Å². The summed E-state index contributed by atoms with van der Waals surface area (Å²) in [6.45, 7) is 4.99. The molecule has 0 N–H and O–H groups in total. The molecular weight excluding hydrogens is 294 g/mol. The van der Waals surface area contributed by atoms with Crippen LogP contribution in [0.15, 0.2) is 11.1 Å². The zero-order chi connectivity index (χ0) is 17.2. The summed E-state index contributed by atoms with van der Waals surface area (Å²) in [6.07, 6.45) is 0. The molecule has 22 heavy (non-hydrogen) atoms. The minimum Gasteiger partial charge on any atom is -0.467 e. The number of amides is 1. The van der Waals surface area contributed by atoms with Gasteiger partial charge in [-0.15, -0.1) is 0 Å². The highest BCUT2D eigenvalue weighted by molar-refractivity contribution is 6.26. The minimum atomic E-state index is -1.36. The van der Waals surface area contributed by atoms with Gasteiger partial charge in [0.15, 0.2) is 6.04 Å². The van der Waals surface area contributed by atoms with Crippen molar-refractivity contribution in [1.82, 2.24) is 4.90 Å². The van der Waals surface area contributed by atoms with E-state index in [9.17, 15) is 19.2 Å². The second-order valence-corrected chi connectivity index (χ2v) is 5.54. The lowest BCUT2D eigenvalue weighted by atomic mass is 10.0. The highest BCUT2D eigenvalue weighted by Crippen LogP contribution is 2.34. The molecule has 0 saturated heterocycles. The molecular formula is C14H19NO7. The van der Waals surface area contributed by atoms with Crippen LogP contribution in [0, 0.1) is 0 Å². The van der Waals surface area contributed by atoms with Crippen LogP contribution in [-0.4, -0.2) is 61.6 Å². The number of hydrogen-bond acceptors (Lipinski definition) is 7. The normalized spacial score (nSPS) is 18.4. The van der Waals surface area contributed by atoms with E-state index in [0.29, 0.717) is 0 Å². The molecule has 0 radical (unpaired) electrons. The van der Waals surface area contributed by atoms with E-state index >= 15 is 0 Å². The van der Waals surface area contributed by atoms with Crippen LogP contribution in [0.3, 0.4) is 0 Å². The molecule has 0 aromatic heterocycles. The van der Waals surface area contributed by atoms with E-state index < -0.39 is 41.0 Å². The Bertz CT molecular complexity index is 556. The quantitative estimate of drug-likeness (QED) is 0.404. The van der Waals surface area contributed by atoms with Crippen molar-refractivity contribution in [3.05, 3.63) is 11.1 Å². The maximum Gasteiger partial charge on any atom is 0.344 e. The molecule has 8 heteroatoms. The SMILES string of the molecule is COC(=O)C1=C(C(=O)OC)C(C(=O)OC)N(C(C)(C)C)C1=O. The first-order valence-corrected chi connectivity index (χ1v) is 6.44. The van der Waals surface area contributed by atoms with Gasteiger partial charge in [-0.1, -0.05) is 0 Å². The van der Waals surface area contributed by atoms with E-state index in [1.807, 2.05) is 0 Å². The summed E-state index contributed by atoms with van der Waals surface area (Å²) >= 11 is 0. The number of nitrogens with zero attached hydrogens (tertiary/aromatic N) is 1. The van der Waals surface area contributed by atoms with Crippen molar-refractivity contribution in [2.45, 2.75) is 32.4 Å². The van der Waals surface area contributed by atoms with Gasteiger partial charge in [-0.3, -0.25) is 4.79 Å². The van der Waals surface area contributed by atoms with Crippen LogP contribution in [0.2, 0.25) is 0 Å². The number of esters is 3. The largest absolute Gasteiger partial charge is 0.467 e. The van der Waals surface area contributed by atoms with Crippen molar-refractivity contribution in [2.24, 2.45) is 0 Å². The van der Waals surface area contributed by atoms with Crippen LogP contribution in [-0.2, 0) is 33.4 Å². The van der Waals surface area contributed by atoms with Crippen molar-refractivity contribution < 1.29 is 33.4 Å². The van der Waals surface area contributed by atoms with Gasteiger partial charge in [0.25, 0.3) is 5.91 Å². The third-order valence-corrected chi connectivity index (χ3v) is 3.18. The van der Waals surface area contributed by atoms with Gasteiger partial charge in [0, 0.05) is 5.54 Å². The fourth-order valence-electron chi connectivity index (χ4n) is 2.27. The number of ether oxygens (including phenoxy) is 3. The predicted octanol–water partition coefficient (Wildman–Crippen LogP) is -0.189. The monoisotopic (exact) mass is 313 g/mol. The number of carbonyl (C=O) groups is 4. The number of rotatable bonds is 3. The van der Waals surface area contributed by atoms with Crippen molar-refractivity contribution in [1.29, 1.82) is 0 Å². The van der Waals surface area contributed by atoms with Crippen molar-refractivity contribution >= 4 is 23.8 Å². The van der Waals surface area contributed by atoms with Gasteiger partial charge in [0.05, 0.1) is 26.9 Å². The van der Waals surface area contributed by atoms with Crippen molar-refractivity contribution in [2.75, 3.05) is 21.3 Å². The summed E-state index contributed by atoms with van der Waals surface area (Å²) in [4.78, 5) is 49.7. The molecule has 122 valence electrons. The third kappa shape index (κ3) is 2.81. The first-order valence-electron chi connectivity index (χ1n) is 6.44. The molecule has 1 unspecified atom stereocenters. The van der Waals surface area contributed by atoms with Crippen molar-refractivity contribution in [3.8, 4) is 0 Å². The first kappa shape index (κ1) is 17.7. The Labute approximate surface area is 128 Å². The van der Waals surface area contributed by atoms with Crippen molar-refractivity contribution in [3.63, 3.8) is 0 Å². The topological polar surface area (TPSA) is 99.2 Å². The smallest absolute Gasteiger partial charge is 0.344 e. The Morgan fingerprint density at radius 2 is 1.45 bits per heavy atom. The van der Waals surface area contributed by atoms with E-state index in [1.54, 1.807) is 20.8 Å². The highest BCUT2D eigenvalue weighted by atomic mass is 16.5. The molecule has 1 amide bonds. The zero-order valence-corrected chi connectivity index (χ0v) is 13.4. The zero-order valence-electron chi connectivity index (χ0n) is 13.4. The average molecular weight is 313 g/mol. The molecule has 0 spiro atoms. The second kappa shape index (κ2) is 6.17. The van der Waals surface area contributed by atoms with Gasteiger partial charge in [-0.2, -0.15) is 0 Å². The molecule has 1 rings (SSSR count). The van der Waals surface area contributed by atoms with E-state index in [0.717, 1.165) is 26.2 Å². The number of methoxy groups -OCH3 is 3. The van der Waals surface area contributed by atoms with Gasteiger partial charge in [-0.05, 0) is 20.8 Å². The lowest BCUT2D eigenvalue weighted by Gasteiger charge is -2.36. The van der Waals surface area contributed by atoms with Gasteiger partial charge in [-0.25, -0.2) is 14.4 Å². The van der Waals surface area contributed by atoms with Crippen LogP contribution in [0.4, 0.5) is 0 Å². The Kier molecular flexibility index (Phi) is 4.95. The maximum atomic E-state index is 12.6. The first-order chi connectivity index (χ1) is 10.1. The Hall–Kier alpha value is -2.38. The average Bonchev–Trinajstić information content (AvgIpc) is 2.77. The molecule has 8 nitrogen and oxygen atoms in total. The standard InChI is InChI=1S/C14H19NO7/c1-14(2,3)15-9(13(19)22-6)7(11(17)20-4)8(10(15)16)12(18)21-5/h9H,1-6H3. The predicted molar refractivity (Wildman–Crippen MR) is 73.5 cm³/mol. The summed E-state index contributed by atoms with van der Waals surface area (Å²) in [5.74, 6) is -3.60. The van der Waals surface area contributed by atoms with Gasteiger partial charge in [0.2, 0.25) is 0 Å². The summed E-state index contributed by atoms with van der Waals surface area (Å²) in [5.41, 5.74) is -1.73. The Balaban J connectivity index is 3.63. The number of hydrogen-bond donors (Lipinski definition) is 0. The van der Waals surface area contributed by atoms with Crippen LogP contribution in [0.25, 0.3) is 0 Å². The summed E-state index contributed by atoms with van der Waals surface area (Å²) in [5, 5.41) is 0. The Morgan fingerprint density at radius 1 is 0.955 bits per heavy atom. The van der Waals surface area contributed by atoms with E-state index in [1.165, 1.54) is 0 Å². The van der Waals surface area contributed by atoms with Crippen LogP contribution < -0.4 is 0 Å². The van der Waals surface area contributed by atoms with Gasteiger partial charge < -0.3 is 19.1 Å². The van der Waals surface area contributed by atoms with E-state index in [-0.39, 0.29) is 5.57 Å². The lowest BCUT2D eigenvalue weighted by molar-refractivity contribution is -0.154. The molecule has 0 aromatic rings. The molecule has 1 aliphatic heterocycles. The molecule has 0 aromatic carbocycles. The van der Waals surface area contributed by atoms with Crippen LogP contribution >= 0.6 is 0 Å². The van der Waals surface area contributed by atoms with E-state index in [2.05, 4.69) is 14.2 Å². The molecule has 1 heterocycles. The maximum absolute atomic E-state index is 12.6. The van der Waals surface area contributed by atoms with Crippen LogP contribution in [0.5, 0.6) is 0 Å².